The fourth-order valence-corrected chi connectivity index (χ4v) is 1.48. The standard InChI is InChI=1S/C10H16N2O8.Au/c13-7(14)3-11(4-8(15)16)1-2-12(5-9(17)18)6-10(19)20;/h1-6H2,(H,13,14)(H,15,16)(H,17,18)(H,19,20);/q;+1. The second-order valence-corrected chi connectivity index (χ2v) is 4.00. The molecule has 0 spiro atoms. The Morgan fingerprint density at radius 3 is 0.905 bits per heavy atom. The van der Waals surface area contributed by atoms with Gasteiger partial charge in [-0.05, 0) is 0 Å². The van der Waals surface area contributed by atoms with E-state index in [0.717, 1.165) is 9.80 Å². The van der Waals surface area contributed by atoms with Crippen molar-refractivity contribution >= 4 is 23.9 Å². The Balaban J connectivity index is 0. The molecule has 0 aliphatic carbocycles. The molecule has 11 heteroatoms. The van der Waals surface area contributed by atoms with Gasteiger partial charge in [0.2, 0.25) is 0 Å². The average Bonchev–Trinajstić information content (AvgIpc) is 2.22. The normalized spacial score (nSPS) is 10.2. The summed E-state index contributed by atoms with van der Waals surface area (Å²) < 4.78 is 0. The third-order valence-corrected chi connectivity index (χ3v) is 2.17. The molecule has 4 N–H and O–H groups in total. The molecular formula is C10H16AuN2O8+. The number of carboxylic acids is 4. The predicted octanol–water partition coefficient (Wildman–Crippen LogP) is -2.07. The fraction of sp³-hybridized carbons (Fsp3) is 0.600. The molecular weight excluding hydrogens is 473 g/mol. The van der Waals surface area contributed by atoms with Gasteiger partial charge in [-0.3, -0.25) is 29.0 Å². The van der Waals surface area contributed by atoms with Crippen LogP contribution in [-0.2, 0) is 41.6 Å². The van der Waals surface area contributed by atoms with Crippen molar-refractivity contribution in [3.05, 3.63) is 0 Å². The molecule has 0 atom stereocenters. The Morgan fingerprint density at radius 1 is 0.571 bits per heavy atom. The Bertz CT molecular complexity index is 321. The summed E-state index contributed by atoms with van der Waals surface area (Å²) >= 11 is 0. The van der Waals surface area contributed by atoms with Gasteiger partial charge in [-0.2, -0.15) is 0 Å². The molecule has 21 heavy (non-hydrogen) atoms. The molecule has 0 aliphatic heterocycles. The van der Waals surface area contributed by atoms with Gasteiger partial charge in [0.05, 0.1) is 26.2 Å². The summed E-state index contributed by atoms with van der Waals surface area (Å²) in [4.78, 5) is 44.4. The second-order valence-electron chi connectivity index (χ2n) is 4.00. The van der Waals surface area contributed by atoms with E-state index in [-0.39, 0.29) is 35.5 Å². The Morgan fingerprint density at radius 2 is 0.762 bits per heavy atom. The molecule has 0 amide bonds. The molecule has 0 rings (SSSR count). The molecule has 0 fully saturated rings. The summed E-state index contributed by atoms with van der Waals surface area (Å²) in [5.74, 6) is -4.91. The van der Waals surface area contributed by atoms with E-state index in [0.29, 0.717) is 0 Å². The van der Waals surface area contributed by atoms with Crippen molar-refractivity contribution in [1.82, 2.24) is 9.80 Å². The number of hydrogen-bond acceptors (Lipinski definition) is 6. The summed E-state index contributed by atoms with van der Waals surface area (Å²) in [7, 11) is 0. The monoisotopic (exact) mass is 489 g/mol. The Hall–Kier alpha value is -1.46. The first kappa shape index (κ1) is 21.8. The number of rotatable bonds is 11. The van der Waals surface area contributed by atoms with E-state index >= 15 is 0 Å². The van der Waals surface area contributed by atoms with E-state index in [4.69, 9.17) is 20.4 Å². The van der Waals surface area contributed by atoms with Gasteiger partial charge < -0.3 is 20.4 Å². The smallest absolute Gasteiger partial charge is 0.480 e. The van der Waals surface area contributed by atoms with E-state index in [1.807, 2.05) is 0 Å². The average molecular weight is 489 g/mol. The first-order chi connectivity index (χ1) is 9.20. The molecule has 0 aromatic heterocycles. The quantitative estimate of drug-likeness (QED) is 0.238. The maximum Gasteiger partial charge on any atom is 1.00 e. The van der Waals surface area contributed by atoms with Gasteiger partial charge in [0, 0.05) is 13.1 Å². The number of carbonyl (C=O) groups is 4. The van der Waals surface area contributed by atoms with Crippen molar-refractivity contribution in [1.29, 1.82) is 0 Å². The number of nitrogens with zero attached hydrogens (tertiary/aromatic N) is 2. The van der Waals surface area contributed by atoms with Crippen molar-refractivity contribution in [3.63, 3.8) is 0 Å². The van der Waals surface area contributed by atoms with Gasteiger partial charge in [-0.25, -0.2) is 0 Å². The van der Waals surface area contributed by atoms with E-state index in [9.17, 15) is 19.2 Å². The van der Waals surface area contributed by atoms with Crippen molar-refractivity contribution in [2.75, 3.05) is 39.3 Å². The molecule has 0 saturated carbocycles. The van der Waals surface area contributed by atoms with Crippen LogP contribution in [0.5, 0.6) is 0 Å². The molecule has 0 aliphatic rings. The van der Waals surface area contributed by atoms with Crippen molar-refractivity contribution in [2.24, 2.45) is 0 Å². The van der Waals surface area contributed by atoms with Gasteiger partial charge in [-0.15, -0.1) is 0 Å². The SMILES string of the molecule is O=C(O)CN(CCN(CC(=O)O)CC(=O)O)CC(=O)O.[Au+]. The summed E-state index contributed by atoms with van der Waals surface area (Å²) in [6.07, 6.45) is 0. The van der Waals surface area contributed by atoms with Crippen molar-refractivity contribution in [3.8, 4) is 0 Å². The molecule has 124 valence electrons. The van der Waals surface area contributed by atoms with Crippen LogP contribution in [0.3, 0.4) is 0 Å². The van der Waals surface area contributed by atoms with Crippen LogP contribution >= 0.6 is 0 Å². The zero-order chi connectivity index (χ0) is 15.7. The maximum atomic E-state index is 10.6. The minimum Gasteiger partial charge on any atom is -0.480 e. The third kappa shape index (κ3) is 13.3. The van der Waals surface area contributed by atoms with Crippen LogP contribution in [0.25, 0.3) is 0 Å². The Kier molecular flexibility index (Phi) is 11.7. The minimum atomic E-state index is -1.23. The molecule has 0 aromatic rings. The Labute approximate surface area is 135 Å². The van der Waals surface area contributed by atoms with Crippen LogP contribution in [0.4, 0.5) is 0 Å². The van der Waals surface area contributed by atoms with Crippen LogP contribution in [0.2, 0.25) is 0 Å². The molecule has 10 nitrogen and oxygen atoms in total. The topological polar surface area (TPSA) is 156 Å². The molecule has 0 radical (unpaired) electrons. The zero-order valence-corrected chi connectivity index (χ0v) is 13.0. The van der Waals surface area contributed by atoms with Crippen LogP contribution in [-0.4, -0.2) is 93.4 Å². The molecule has 0 unspecified atom stereocenters. The maximum absolute atomic E-state index is 10.6. The number of carboxylic acid groups (broad SMARTS) is 4. The number of aliphatic carboxylic acids is 4. The zero-order valence-electron chi connectivity index (χ0n) is 10.9. The molecule has 0 saturated heterocycles. The van der Waals surface area contributed by atoms with Gasteiger partial charge in [0.1, 0.15) is 0 Å². The van der Waals surface area contributed by atoms with Crippen LogP contribution in [0.1, 0.15) is 0 Å². The fourth-order valence-electron chi connectivity index (χ4n) is 1.48. The second kappa shape index (κ2) is 11.2. The first-order valence-electron chi connectivity index (χ1n) is 5.52. The van der Waals surface area contributed by atoms with Crippen molar-refractivity contribution in [2.45, 2.75) is 0 Å². The molecule has 0 heterocycles. The van der Waals surface area contributed by atoms with Gasteiger partial charge in [0.25, 0.3) is 0 Å². The molecule has 0 aromatic carbocycles. The summed E-state index contributed by atoms with van der Waals surface area (Å²) in [5.41, 5.74) is 0. The van der Waals surface area contributed by atoms with Gasteiger partial charge in [-0.1, -0.05) is 0 Å². The van der Waals surface area contributed by atoms with E-state index in [2.05, 4.69) is 0 Å². The van der Waals surface area contributed by atoms with Gasteiger partial charge >= 0.3 is 46.3 Å². The van der Waals surface area contributed by atoms with E-state index in [1.54, 1.807) is 0 Å². The summed E-state index contributed by atoms with van der Waals surface area (Å²) in [6.45, 7) is -2.25. The number of hydrogen-bond donors (Lipinski definition) is 4. The summed E-state index contributed by atoms with van der Waals surface area (Å²) in [5, 5.41) is 34.5. The predicted molar refractivity (Wildman–Crippen MR) is 63.4 cm³/mol. The molecule has 0 bridgehead atoms. The first-order valence-corrected chi connectivity index (χ1v) is 5.52. The third-order valence-electron chi connectivity index (χ3n) is 2.17. The van der Waals surface area contributed by atoms with E-state index < -0.39 is 50.1 Å². The minimum absolute atomic E-state index is 0. The van der Waals surface area contributed by atoms with Crippen LogP contribution < -0.4 is 0 Å². The summed E-state index contributed by atoms with van der Waals surface area (Å²) in [6, 6.07) is 0. The largest absolute Gasteiger partial charge is 1.00 e. The van der Waals surface area contributed by atoms with Crippen molar-refractivity contribution < 1.29 is 62.0 Å². The van der Waals surface area contributed by atoms with E-state index in [1.165, 1.54) is 0 Å². The van der Waals surface area contributed by atoms with Crippen LogP contribution in [0, 0.1) is 0 Å². The van der Waals surface area contributed by atoms with Gasteiger partial charge in [0.15, 0.2) is 0 Å². The van der Waals surface area contributed by atoms with Crippen LogP contribution in [0.15, 0.2) is 0 Å².